The van der Waals surface area contributed by atoms with E-state index in [0.29, 0.717) is 12.5 Å². The van der Waals surface area contributed by atoms with E-state index in [4.69, 9.17) is 0 Å². The third-order valence-corrected chi connectivity index (χ3v) is 3.62. The summed E-state index contributed by atoms with van der Waals surface area (Å²) < 4.78 is 0. The summed E-state index contributed by atoms with van der Waals surface area (Å²) in [5.41, 5.74) is 0.998. The molecular weight excluding hydrogens is 266 g/mol. The SMILES string of the molecule is CC(C)N(Cc1cccnc1)C(=O)c1n[nH]c(C2CC2)n1. The molecule has 1 saturated carbocycles. The summed E-state index contributed by atoms with van der Waals surface area (Å²) in [6, 6.07) is 3.90. The minimum atomic E-state index is -0.142. The van der Waals surface area contributed by atoms with Crippen LogP contribution in [0.25, 0.3) is 0 Å². The number of rotatable bonds is 5. The number of nitrogens with one attached hydrogen (secondary N) is 1. The Balaban J connectivity index is 1.77. The van der Waals surface area contributed by atoms with E-state index in [2.05, 4.69) is 20.2 Å². The lowest BCUT2D eigenvalue weighted by molar-refractivity contribution is 0.0678. The molecule has 1 aliphatic rings. The Kier molecular flexibility index (Phi) is 3.68. The van der Waals surface area contributed by atoms with E-state index < -0.39 is 0 Å². The van der Waals surface area contributed by atoms with Gasteiger partial charge in [0, 0.05) is 30.9 Å². The largest absolute Gasteiger partial charge is 0.329 e. The van der Waals surface area contributed by atoms with Crippen molar-refractivity contribution in [2.45, 2.75) is 45.2 Å². The molecule has 1 fully saturated rings. The zero-order chi connectivity index (χ0) is 14.8. The second kappa shape index (κ2) is 5.63. The molecule has 6 heteroatoms. The summed E-state index contributed by atoms with van der Waals surface area (Å²) in [6.45, 7) is 4.49. The van der Waals surface area contributed by atoms with Crippen LogP contribution in [-0.2, 0) is 6.54 Å². The van der Waals surface area contributed by atoms with Crippen LogP contribution < -0.4 is 0 Å². The predicted octanol–water partition coefficient (Wildman–Crippen LogP) is 2.13. The first-order valence-corrected chi connectivity index (χ1v) is 7.27. The number of carbonyl (C=O) groups excluding carboxylic acids is 1. The maximum Gasteiger partial charge on any atom is 0.294 e. The molecule has 1 amide bonds. The predicted molar refractivity (Wildman–Crippen MR) is 77.6 cm³/mol. The van der Waals surface area contributed by atoms with Gasteiger partial charge in [0.15, 0.2) is 0 Å². The number of hydrogen-bond acceptors (Lipinski definition) is 4. The van der Waals surface area contributed by atoms with Gasteiger partial charge in [0.1, 0.15) is 5.82 Å². The topological polar surface area (TPSA) is 74.8 Å². The van der Waals surface area contributed by atoms with E-state index >= 15 is 0 Å². The first kappa shape index (κ1) is 13.7. The fraction of sp³-hybridized carbons (Fsp3) is 0.467. The Hall–Kier alpha value is -2.24. The third kappa shape index (κ3) is 3.09. The highest BCUT2D eigenvalue weighted by Gasteiger charge is 2.29. The van der Waals surface area contributed by atoms with Gasteiger partial charge in [-0.3, -0.25) is 14.9 Å². The van der Waals surface area contributed by atoms with Crippen LogP contribution in [0.3, 0.4) is 0 Å². The van der Waals surface area contributed by atoms with Crippen molar-refractivity contribution in [2.75, 3.05) is 0 Å². The highest BCUT2D eigenvalue weighted by Crippen LogP contribution is 2.37. The Labute approximate surface area is 123 Å². The van der Waals surface area contributed by atoms with E-state index in [1.165, 1.54) is 0 Å². The molecule has 1 aliphatic carbocycles. The second-order valence-corrected chi connectivity index (χ2v) is 5.71. The van der Waals surface area contributed by atoms with E-state index in [1.54, 1.807) is 17.3 Å². The molecule has 2 aromatic rings. The van der Waals surface area contributed by atoms with E-state index in [-0.39, 0.29) is 17.8 Å². The molecule has 2 aromatic heterocycles. The van der Waals surface area contributed by atoms with Crippen LogP contribution in [0.15, 0.2) is 24.5 Å². The van der Waals surface area contributed by atoms with Gasteiger partial charge in [0.25, 0.3) is 5.91 Å². The lowest BCUT2D eigenvalue weighted by Crippen LogP contribution is -2.37. The highest BCUT2D eigenvalue weighted by molar-refractivity contribution is 5.90. The molecule has 0 spiro atoms. The van der Waals surface area contributed by atoms with Crippen molar-refractivity contribution in [1.82, 2.24) is 25.1 Å². The zero-order valence-electron chi connectivity index (χ0n) is 12.3. The van der Waals surface area contributed by atoms with Crippen molar-refractivity contribution in [3.05, 3.63) is 41.7 Å². The summed E-state index contributed by atoms with van der Waals surface area (Å²) in [5, 5.41) is 6.96. The van der Waals surface area contributed by atoms with Gasteiger partial charge in [0.05, 0.1) is 0 Å². The highest BCUT2D eigenvalue weighted by atomic mass is 16.2. The summed E-state index contributed by atoms with van der Waals surface area (Å²) in [6.07, 6.45) is 5.76. The number of amides is 1. The van der Waals surface area contributed by atoms with Crippen molar-refractivity contribution in [1.29, 1.82) is 0 Å². The van der Waals surface area contributed by atoms with Crippen LogP contribution in [0.4, 0.5) is 0 Å². The molecule has 0 atom stereocenters. The monoisotopic (exact) mass is 285 g/mol. The molecule has 0 bridgehead atoms. The summed E-state index contributed by atoms with van der Waals surface area (Å²) in [4.78, 5) is 22.8. The quantitative estimate of drug-likeness (QED) is 0.913. The molecule has 110 valence electrons. The van der Waals surface area contributed by atoms with Crippen molar-refractivity contribution >= 4 is 5.91 Å². The number of nitrogens with zero attached hydrogens (tertiary/aromatic N) is 4. The molecular formula is C15H19N5O. The van der Waals surface area contributed by atoms with Crippen molar-refractivity contribution < 1.29 is 4.79 Å². The summed E-state index contributed by atoms with van der Waals surface area (Å²) >= 11 is 0. The van der Waals surface area contributed by atoms with Crippen LogP contribution in [0.5, 0.6) is 0 Å². The average molecular weight is 285 g/mol. The second-order valence-electron chi connectivity index (χ2n) is 5.71. The molecule has 0 aliphatic heterocycles. The van der Waals surface area contributed by atoms with Crippen LogP contribution in [0, 0.1) is 0 Å². The molecule has 6 nitrogen and oxygen atoms in total. The van der Waals surface area contributed by atoms with Crippen molar-refractivity contribution in [3.63, 3.8) is 0 Å². The Morgan fingerprint density at radius 2 is 2.29 bits per heavy atom. The maximum atomic E-state index is 12.6. The molecule has 21 heavy (non-hydrogen) atoms. The van der Waals surface area contributed by atoms with E-state index in [9.17, 15) is 4.79 Å². The average Bonchev–Trinajstić information content (AvgIpc) is 3.22. The van der Waals surface area contributed by atoms with E-state index in [0.717, 1.165) is 24.2 Å². The lowest BCUT2D eigenvalue weighted by Gasteiger charge is -2.25. The number of aromatic amines is 1. The number of aromatic nitrogens is 4. The van der Waals surface area contributed by atoms with Gasteiger partial charge >= 0.3 is 0 Å². The molecule has 0 saturated heterocycles. The fourth-order valence-electron chi connectivity index (χ4n) is 2.21. The number of carbonyl (C=O) groups is 1. The first-order valence-electron chi connectivity index (χ1n) is 7.27. The normalized spacial score (nSPS) is 14.4. The van der Waals surface area contributed by atoms with Crippen molar-refractivity contribution in [3.8, 4) is 0 Å². The molecule has 1 N–H and O–H groups in total. The third-order valence-electron chi connectivity index (χ3n) is 3.62. The van der Waals surface area contributed by atoms with Gasteiger partial charge in [-0.25, -0.2) is 4.98 Å². The molecule has 0 radical (unpaired) electrons. The van der Waals surface area contributed by atoms with E-state index in [1.807, 2.05) is 26.0 Å². The van der Waals surface area contributed by atoms with Gasteiger partial charge in [-0.2, -0.15) is 0 Å². The van der Waals surface area contributed by atoms with Gasteiger partial charge < -0.3 is 4.90 Å². The Morgan fingerprint density at radius 1 is 1.48 bits per heavy atom. The number of hydrogen-bond donors (Lipinski definition) is 1. The molecule has 0 aromatic carbocycles. The first-order chi connectivity index (χ1) is 10.1. The van der Waals surface area contributed by atoms with Crippen LogP contribution in [0.2, 0.25) is 0 Å². The van der Waals surface area contributed by atoms with Crippen LogP contribution in [0.1, 0.15) is 54.6 Å². The standard InChI is InChI=1S/C15H19N5O/c1-10(2)20(9-11-4-3-7-16-8-11)15(21)14-17-13(18-19-14)12-5-6-12/h3-4,7-8,10,12H,5-6,9H2,1-2H3,(H,17,18,19). The van der Waals surface area contributed by atoms with Gasteiger partial charge in [0.2, 0.25) is 5.82 Å². The number of H-pyrrole nitrogens is 1. The smallest absolute Gasteiger partial charge is 0.294 e. The van der Waals surface area contributed by atoms with Gasteiger partial charge in [-0.15, -0.1) is 5.10 Å². The van der Waals surface area contributed by atoms with Gasteiger partial charge in [-0.05, 0) is 38.3 Å². The molecule has 0 unspecified atom stereocenters. The molecule has 2 heterocycles. The van der Waals surface area contributed by atoms with Gasteiger partial charge in [-0.1, -0.05) is 6.07 Å². The van der Waals surface area contributed by atoms with Crippen LogP contribution in [-0.4, -0.2) is 37.0 Å². The fourth-order valence-corrected chi connectivity index (χ4v) is 2.21. The van der Waals surface area contributed by atoms with Crippen molar-refractivity contribution in [2.24, 2.45) is 0 Å². The Morgan fingerprint density at radius 3 is 2.90 bits per heavy atom. The Bertz CT molecular complexity index is 618. The minimum Gasteiger partial charge on any atom is -0.329 e. The summed E-state index contributed by atoms with van der Waals surface area (Å²) in [5.74, 6) is 1.42. The maximum absolute atomic E-state index is 12.6. The summed E-state index contributed by atoms with van der Waals surface area (Å²) in [7, 11) is 0. The zero-order valence-corrected chi connectivity index (χ0v) is 12.3. The number of pyridine rings is 1. The lowest BCUT2D eigenvalue weighted by atomic mass is 10.2. The minimum absolute atomic E-state index is 0.0700. The van der Waals surface area contributed by atoms with Crippen LogP contribution >= 0.6 is 0 Å². The molecule has 3 rings (SSSR count).